The SMILES string of the molecule is C=CCn1c(SCC=C(C)Cl)nc2c1c(=O)[nH]c(=O)n2C. The number of aromatic amines is 1. The Morgan fingerprint density at radius 2 is 2.24 bits per heavy atom. The second-order valence-corrected chi connectivity index (χ2v) is 5.97. The second-order valence-electron chi connectivity index (χ2n) is 4.39. The van der Waals surface area contributed by atoms with Crippen LogP contribution in [0.2, 0.25) is 0 Å². The fourth-order valence-corrected chi connectivity index (χ4v) is 2.98. The standard InChI is InChI=1S/C13H15ClN4O2S/c1-4-6-18-9-10(17(3)12(20)16-11(9)19)15-13(18)21-7-5-8(2)14/h4-5H,1,6-7H2,2-3H3,(H,16,19,20). The normalized spacial score (nSPS) is 12.0. The number of imidazole rings is 1. The predicted molar refractivity (Wildman–Crippen MR) is 86.1 cm³/mol. The molecule has 2 aromatic heterocycles. The molecule has 2 aromatic rings. The zero-order valence-electron chi connectivity index (χ0n) is 11.7. The van der Waals surface area contributed by atoms with Gasteiger partial charge in [0.15, 0.2) is 16.3 Å². The highest BCUT2D eigenvalue weighted by molar-refractivity contribution is 7.99. The third-order valence-corrected chi connectivity index (χ3v) is 3.92. The van der Waals surface area contributed by atoms with Gasteiger partial charge in [0.25, 0.3) is 5.56 Å². The Labute approximate surface area is 130 Å². The van der Waals surface area contributed by atoms with Crippen LogP contribution in [0.25, 0.3) is 11.2 Å². The maximum atomic E-state index is 12.0. The molecular weight excluding hydrogens is 312 g/mol. The van der Waals surface area contributed by atoms with Crippen molar-refractivity contribution in [2.45, 2.75) is 18.6 Å². The lowest BCUT2D eigenvalue weighted by Gasteiger charge is -2.04. The van der Waals surface area contributed by atoms with Crippen molar-refractivity contribution >= 4 is 34.5 Å². The lowest BCUT2D eigenvalue weighted by Crippen LogP contribution is -2.29. The Morgan fingerprint density at radius 3 is 2.86 bits per heavy atom. The maximum Gasteiger partial charge on any atom is 0.329 e. The van der Waals surface area contributed by atoms with Crippen molar-refractivity contribution in [1.29, 1.82) is 0 Å². The first-order chi connectivity index (χ1) is 9.95. The van der Waals surface area contributed by atoms with Crippen LogP contribution in [0.1, 0.15) is 6.92 Å². The average Bonchev–Trinajstić information content (AvgIpc) is 2.76. The van der Waals surface area contributed by atoms with Gasteiger partial charge in [-0.05, 0) is 6.92 Å². The first-order valence-electron chi connectivity index (χ1n) is 6.21. The molecule has 0 aliphatic heterocycles. The average molecular weight is 327 g/mol. The molecule has 0 aliphatic carbocycles. The summed E-state index contributed by atoms with van der Waals surface area (Å²) in [5.74, 6) is 0.627. The summed E-state index contributed by atoms with van der Waals surface area (Å²) >= 11 is 7.24. The first-order valence-corrected chi connectivity index (χ1v) is 7.57. The van der Waals surface area contributed by atoms with E-state index in [0.29, 0.717) is 33.7 Å². The molecule has 1 N–H and O–H groups in total. The van der Waals surface area contributed by atoms with E-state index in [1.54, 1.807) is 24.6 Å². The van der Waals surface area contributed by atoms with E-state index in [9.17, 15) is 9.59 Å². The highest BCUT2D eigenvalue weighted by Gasteiger charge is 2.16. The largest absolute Gasteiger partial charge is 0.329 e. The number of rotatable bonds is 5. The quantitative estimate of drug-likeness (QED) is 0.672. The van der Waals surface area contributed by atoms with Crippen LogP contribution in [0.3, 0.4) is 0 Å². The van der Waals surface area contributed by atoms with Gasteiger partial charge >= 0.3 is 5.69 Å². The number of hydrogen-bond donors (Lipinski definition) is 1. The van der Waals surface area contributed by atoms with Crippen molar-refractivity contribution in [2.24, 2.45) is 7.05 Å². The minimum atomic E-state index is -0.483. The molecule has 0 unspecified atom stereocenters. The molecule has 0 amide bonds. The van der Waals surface area contributed by atoms with E-state index in [1.165, 1.54) is 16.3 Å². The van der Waals surface area contributed by atoms with E-state index in [1.807, 2.05) is 6.08 Å². The fraction of sp³-hybridized carbons (Fsp3) is 0.308. The number of nitrogens with zero attached hydrogens (tertiary/aromatic N) is 3. The van der Waals surface area contributed by atoms with Crippen LogP contribution < -0.4 is 11.2 Å². The second kappa shape index (κ2) is 6.36. The summed E-state index contributed by atoms with van der Waals surface area (Å²) in [6.07, 6.45) is 3.53. The Hall–Kier alpha value is -1.73. The molecule has 0 bridgehead atoms. The van der Waals surface area contributed by atoms with Gasteiger partial charge in [-0.15, -0.1) is 6.58 Å². The van der Waals surface area contributed by atoms with Gasteiger partial charge in [0.1, 0.15) is 0 Å². The Bertz CT molecular complexity index is 827. The monoisotopic (exact) mass is 326 g/mol. The molecule has 8 heteroatoms. The lowest BCUT2D eigenvalue weighted by atomic mass is 10.5. The number of allylic oxidation sites excluding steroid dienone is 2. The molecule has 2 rings (SSSR count). The van der Waals surface area contributed by atoms with E-state index in [4.69, 9.17) is 11.6 Å². The van der Waals surface area contributed by atoms with Crippen LogP contribution >= 0.6 is 23.4 Å². The number of nitrogens with one attached hydrogen (secondary N) is 1. The van der Waals surface area contributed by atoms with Crippen molar-refractivity contribution in [3.8, 4) is 0 Å². The van der Waals surface area contributed by atoms with Crippen LogP contribution in [-0.4, -0.2) is 24.9 Å². The van der Waals surface area contributed by atoms with Crippen molar-refractivity contribution in [3.05, 3.63) is 44.6 Å². The number of thioether (sulfide) groups is 1. The molecule has 2 heterocycles. The maximum absolute atomic E-state index is 12.0. The molecule has 0 spiro atoms. The van der Waals surface area contributed by atoms with Crippen LogP contribution in [0.4, 0.5) is 0 Å². The highest BCUT2D eigenvalue weighted by Crippen LogP contribution is 2.22. The topological polar surface area (TPSA) is 72.7 Å². The molecule has 112 valence electrons. The molecule has 0 saturated carbocycles. The highest BCUT2D eigenvalue weighted by atomic mass is 35.5. The minimum Gasteiger partial charge on any atom is -0.309 e. The van der Waals surface area contributed by atoms with Crippen molar-refractivity contribution < 1.29 is 0 Å². The smallest absolute Gasteiger partial charge is 0.309 e. The van der Waals surface area contributed by atoms with Gasteiger partial charge in [-0.3, -0.25) is 14.3 Å². The summed E-state index contributed by atoms with van der Waals surface area (Å²) in [5, 5.41) is 1.34. The van der Waals surface area contributed by atoms with E-state index in [2.05, 4.69) is 16.5 Å². The van der Waals surface area contributed by atoms with Crippen LogP contribution in [0.5, 0.6) is 0 Å². The number of fused-ring (bicyclic) bond motifs is 1. The van der Waals surface area contributed by atoms with Gasteiger partial charge in [0.05, 0.1) is 0 Å². The molecule has 21 heavy (non-hydrogen) atoms. The molecule has 0 aromatic carbocycles. The van der Waals surface area contributed by atoms with Crippen LogP contribution in [0.15, 0.2) is 38.5 Å². The van der Waals surface area contributed by atoms with Gasteiger partial charge in [-0.1, -0.05) is 35.5 Å². The summed E-state index contributed by atoms with van der Waals surface area (Å²) < 4.78 is 3.06. The van der Waals surface area contributed by atoms with Crippen LogP contribution in [-0.2, 0) is 13.6 Å². The van der Waals surface area contributed by atoms with Gasteiger partial charge in [0.2, 0.25) is 0 Å². The van der Waals surface area contributed by atoms with E-state index >= 15 is 0 Å². The van der Waals surface area contributed by atoms with Crippen molar-refractivity contribution in [2.75, 3.05) is 5.75 Å². The van der Waals surface area contributed by atoms with Crippen LogP contribution in [0, 0.1) is 0 Å². The van der Waals surface area contributed by atoms with E-state index in [-0.39, 0.29) is 0 Å². The molecule has 0 aliphatic rings. The van der Waals surface area contributed by atoms with Gasteiger partial charge in [-0.2, -0.15) is 0 Å². The van der Waals surface area contributed by atoms with E-state index < -0.39 is 11.2 Å². The Kier molecular flexibility index (Phi) is 4.74. The van der Waals surface area contributed by atoms with Gasteiger partial charge in [-0.25, -0.2) is 9.78 Å². The summed E-state index contributed by atoms with van der Waals surface area (Å²) in [5.41, 5.74) is -0.201. The Balaban J connectivity index is 2.62. The third-order valence-electron chi connectivity index (χ3n) is 2.86. The molecule has 6 nitrogen and oxygen atoms in total. The Morgan fingerprint density at radius 1 is 1.52 bits per heavy atom. The van der Waals surface area contributed by atoms with Crippen molar-refractivity contribution in [1.82, 2.24) is 19.1 Å². The summed E-state index contributed by atoms with van der Waals surface area (Å²) in [6.45, 7) is 5.92. The molecule has 0 atom stereocenters. The number of aromatic nitrogens is 4. The molecule has 0 fully saturated rings. The fourth-order valence-electron chi connectivity index (χ4n) is 1.85. The number of H-pyrrole nitrogens is 1. The summed E-state index contributed by atoms with van der Waals surface area (Å²) in [6, 6.07) is 0. The van der Waals surface area contributed by atoms with Gasteiger partial charge < -0.3 is 4.57 Å². The number of aryl methyl sites for hydroxylation is 1. The van der Waals surface area contributed by atoms with Crippen molar-refractivity contribution in [3.63, 3.8) is 0 Å². The summed E-state index contributed by atoms with van der Waals surface area (Å²) in [7, 11) is 1.57. The zero-order valence-corrected chi connectivity index (χ0v) is 13.3. The minimum absolute atomic E-state index is 0.361. The van der Waals surface area contributed by atoms with E-state index in [0.717, 1.165) is 0 Å². The number of hydrogen-bond acceptors (Lipinski definition) is 4. The molecular formula is C13H15ClN4O2S. The summed E-state index contributed by atoms with van der Waals surface area (Å²) in [4.78, 5) is 30.4. The van der Waals surface area contributed by atoms with Gasteiger partial charge in [0, 0.05) is 24.4 Å². The molecule has 0 radical (unpaired) electrons. The molecule has 0 saturated heterocycles. The predicted octanol–water partition coefficient (Wildman–Crippen LogP) is 1.84. The third kappa shape index (κ3) is 3.14. The zero-order chi connectivity index (χ0) is 15.6. The number of halogens is 1. The lowest BCUT2D eigenvalue weighted by molar-refractivity contribution is 0.746. The first kappa shape index (κ1) is 15.7.